The molecule has 0 aliphatic heterocycles. The summed E-state index contributed by atoms with van der Waals surface area (Å²) < 4.78 is 2.79. The Morgan fingerprint density at radius 2 is 1.75 bits per heavy atom. The Hall–Kier alpha value is -0.690. The van der Waals surface area contributed by atoms with Crippen LogP contribution in [0.2, 0.25) is 15.1 Å². The molecule has 3 rings (SSSR count). The van der Waals surface area contributed by atoms with Crippen molar-refractivity contribution in [3.05, 3.63) is 49.0 Å². The highest BCUT2D eigenvalue weighted by molar-refractivity contribution is 14.1. The first-order chi connectivity index (χ1) is 9.47. The maximum Gasteiger partial charge on any atom is 0.205 e. The number of imidazole rings is 1. The lowest BCUT2D eigenvalue weighted by Crippen LogP contribution is -2.02. The van der Waals surface area contributed by atoms with Gasteiger partial charge < -0.3 is 5.73 Å². The number of rotatable bonds is 1. The van der Waals surface area contributed by atoms with Crippen molar-refractivity contribution in [3.8, 4) is 5.69 Å². The molecule has 20 heavy (non-hydrogen) atoms. The summed E-state index contributed by atoms with van der Waals surface area (Å²) in [6.07, 6.45) is 0. The maximum atomic E-state index is 6.08. The van der Waals surface area contributed by atoms with Gasteiger partial charge in [-0.05, 0) is 52.9 Å². The van der Waals surface area contributed by atoms with Gasteiger partial charge in [0.25, 0.3) is 0 Å². The predicted octanol–water partition coefficient (Wildman–Crippen LogP) is 5.17. The van der Waals surface area contributed by atoms with Crippen LogP contribution in [0.4, 0.5) is 5.95 Å². The summed E-state index contributed by atoms with van der Waals surface area (Å²) >= 11 is 20.3. The molecule has 0 bridgehead atoms. The second-order valence-corrected chi connectivity index (χ2v) is 6.57. The molecule has 0 radical (unpaired) electrons. The van der Waals surface area contributed by atoms with Crippen molar-refractivity contribution >= 4 is 74.4 Å². The van der Waals surface area contributed by atoms with Crippen LogP contribution in [0.3, 0.4) is 0 Å². The van der Waals surface area contributed by atoms with Gasteiger partial charge >= 0.3 is 0 Å². The van der Waals surface area contributed by atoms with Crippen LogP contribution in [-0.4, -0.2) is 9.55 Å². The van der Waals surface area contributed by atoms with Crippen LogP contribution in [-0.2, 0) is 0 Å². The van der Waals surface area contributed by atoms with Crippen molar-refractivity contribution in [1.29, 1.82) is 0 Å². The van der Waals surface area contributed by atoms with Crippen molar-refractivity contribution in [2.24, 2.45) is 0 Å². The molecule has 2 aromatic carbocycles. The van der Waals surface area contributed by atoms with E-state index in [0.29, 0.717) is 26.5 Å². The predicted molar refractivity (Wildman–Crippen MR) is 93.2 cm³/mol. The fourth-order valence-electron chi connectivity index (χ4n) is 2.01. The number of benzene rings is 2. The van der Waals surface area contributed by atoms with Crippen LogP contribution < -0.4 is 5.73 Å². The van der Waals surface area contributed by atoms with Gasteiger partial charge in [-0.25, -0.2) is 4.98 Å². The van der Waals surface area contributed by atoms with Crippen LogP contribution in [0.25, 0.3) is 16.7 Å². The Bertz CT molecular complexity index is 829. The number of hydrogen-bond acceptors (Lipinski definition) is 2. The Balaban J connectivity index is 2.35. The van der Waals surface area contributed by atoms with Gasteiger partial charge in [0.2, 0.25) is 5.95 Å². The number of anilines is 1. The molecule has 0 spiro atoms. The SMILES string of the molecule is Nc1nc2cc(Cl)c(Cl)cc2n1-c1ccc(Cl)cc1I. The molecule has 0 aliphatic rings. The van der Waals surface area contributed by atoms with Crippen molar-refractivity contribution in [3.63, 3.8) is 0 Å². The van der Waals surface area contributed by atoms with E-state index in [9.17, 15) is 0 Å². The first kappa shape index (κ1) is 14.3. The van der Waals surface area contributed by atoms with Gasteiger partial charge in [0.15, 0.2) is 0 Å². The number of nitrogen functional groups attached to an aromatic ring is 1. The summed E-state index contributed by atoms with van der Waals surface area (Å²) in [5, 5.41) is 1.58. The molecular formula is C13H7Cl3IN3. The molecule has 7 heteroatoms. The van der Waals surface area contributed by atoms with Crippen molar-refractivity contribution in [2.45, 2.75) is 0 Å². The topological polar surface area (TPSA) is 43.8 Å². The zero-order valence-corrected chi connectivity index (χ0v) is 14.3. The molecule has 3 nitrogen and oxygen atoms in total. The van der Waals surface area contributed by atoms with E-state index >= 15 is 0 Å². The van der Waals surface area contributed by atoms with E-state index in [2.05, 4.69) is 27.6 Å². The molecule has 1 aromatic heterocycles. The third-order valence-electron chi connectivity index (χ3n) is 2.87. The average Bonchev–Trinajstić information content (AvgIpc) is 2.66. The normalized spacial score (nSPS) is 11.2. The van der Waals surface area contributed by atoms with E-state index in [4.69, 9.17) is 40.5 Å². The minimum absolute atomic E-state index is 0.374. The Kier molecular flexibility index (Phi) is 3.75. The van der Waals surface area contributed by atoms with Crippen molar-refractivity contribution in [1.82, 2.24) is 9.55 Å². The van der Waals surface area contributed by atoms with Gasteiger partial charge in [0.1, 0.15) is 0 Å². The summed E-state index contributed by atoms with van der Waals surface area (Å²) in [5.74, 6) is 0.374. The second kappa shape index (κ2) is 5.26. The summed E-state index contributed by atoms with van der Waals surface area (Å²) in [6, 6.07) is 9.02. The highest BCUT2D eigenvalue weighted by atomic mass is 127. The third kappa shape index (κ3) is 2.35. The summed E-state index contributed by atoms with van der Waals surface area (Å²) in [7, 11) is 0. The number of fused-ring (bicyclic) bond motifs is 1. The van der Waals surface area contributed by atoms with Crippen LogP contribution in [0.1, 0.15) is 0 Å². The average molecular weight is 438 g/mol. The minimum atomic E-state index is 0.374. The fourth-order valence-corrected chi connectivity index (χ4v) is 3.44. The van der Waals surface area contributed by atoms with Crippen LogP contribution >= 0.6 is 57.4 Å². The third-order valence-corrected chi connectivity index (χ3v) is 4.69. The Labute approximate surface area is 143 Å². The quantitative estimate of drug-likeness (QED) is 0.533. The van der Waals surface area contributed by atoms with E-state index in [1.165, 1.54) is 0 Å². The molecule has 0 saturated carbocycles. The monoisotopic (exact) mass is 437 g/mol. The molecule has 0 unspecified atom stereocenters. The lowest BCUT2D eigenvalue weighted by atomic mass is 10.3. The van der Waals surface area contributed by atoms with Crippen LogP contribution in [0.15, 0.2) is 30.3 Å². The molecular weight excluding hydrogens is 431 g/mol. The summed E-state index contributed by atoms with van der Waals surface area (Å²) in [5.41, 5.74) is 8.42. The van der Waals surface area contributed by atoms with Gasteiger partial charge in [-0.3, -0.25) is 4.57 Å². The lowest BCUT2D eigenvalue weighted by molar-refractivity contribution is 1.10. The lowest BCUT2D eigenvalue weighted by Gasteiger charge is -2.09. The molecule has 102 valence electrons. The molecule has 0 aliphatic carbocycles. The first-order valence-corrected chi connectivity index (χ1v) is 7.77. The zero-order valence-electron chi connectivity index (χ0n) is 9.87. The van der Waals surface area contributed by atoms with E-state index < -0.39 is 0 Å². The number of nitrogens with zero attached hydrogens (tertiary/aromatic N) is 2. The second-order valence-electron chi connectivity index (χ2n) is 4.16. The summed E-state index contributed by atoms with van der Waals surface area (Å²) in [4.78, 5) is 4.32. The highest BCUT2D eigenvalue weighted by Gasteiger charge is 2.14. The number of halogens is 4. The number of hydrogen-bond donors (Lipinski definition) is 1. The molecule has 1 heterocycles. The van der Waals surface area contributed by atoms with Gasteiger partial charge in [0.05, 0.1) is 26.8 Å². The van der Waals surface area contributed by atoms with E-state index in [1.807, 2.05) is 22.8 Å². The number of nitrogens with two attached hydrogens (primary N) is 1. The van der Waals surface area contributed by atoms with Crippen LogP contribution in [0, 0.1) is 3.57 Å². The minimum Gasteiger partial charge on any atom is -0.369 e. The highest BCUT2D eigenvalue weighted by Crippen LogP contribution is 2.32. The van der Waals surface area contributed by atoms with E-state index in [0.717, 1.165) is 14.8 Å². The summed E-state index contributed by atoms with van der Waals surface area (Å²) in [6.45, 7) is 0. The maximum absolute atomic E-state index is 6.08. The molecule has 2 N–H and O–H groups in total. The standard InChI is InChI=1S/C13H7Cl3IN3/c14-6-1-2-11(9(17)3-6)20-12-5-8(16)7(15)4-10(12)19-13(20)18/h1-5H,(H2,18,19). The van der Waals surface area contributed by atoms with Gasteiger partial charge in [0, 0.05) is 8.59 Å². The molecule has 0 saturated heterocycles. The Morgan fingerprint density at radius 3 is 2.45 bits per heavy atom. The zero-order chi connectivity index (χ0) is 14.4. The molecule has 0 amide bonds. The van der Waals surface area contributed by atoms with E-state index in [1.54, 1.807) is 12.1 Å². The smallest absolute Gasteiger partial charge is 0.205 e. The molecule has 0 atom stereocenters. The van der Waals surface area contributed by atoms with Gasteiger partial charge in [-0.2, -0.15) is 0 Å². The molecule has 3 aromatic rings. The van der Waals surface area contributed by atoms with E-state index in [-0.39, 0.29) is 0 Å². The van der Waals surface area contributed by atoms with Gasteiger partial charge in [-0.15, -0.1) is 0 Å². The van der Waals surface area contributed by atoms with Crippen molar-refractivity contribution < 1.29 is 0 Å². The van der Waals surface area contributed by atoms with Crippen LogP contribution in [0.5, 0.6) is 0 Å². The largest absolute Gasteiger partial charge is 0.369 e. The van der Waals surface area contributed by atoms with Crippen molar-refractivity contribution in [2.75, 3.05) is 5.73 Å². The Morgan fingerprint density at radius 1 is 1.05 bits per heavy atom. The van der Waals surface area contributed by atoms with Gasteiger partial charge in [-0.1, -0.05) is 34.8 Å². The number of aromatic nitrogens is 2. The molecule has 0 fully saturated rings. The first-order valence-electron chi connectivity index (χ1n) is 5.56. The fraction of sp³-hybridized carbons (Fsp3) is 0.